The molecule has 1 aliphatic heterocycles. The third-order valence-electron chi connectivity index (χ3n) is 5.97. The van der Waals surface area contributed by atoms with Gasteiger partial charge in [-0.3, -0.25) is 4.90 Å². The highest BCUT2D eigenvalue weighted by atomic mass is 35.5. The lowest BCUT2D eigenvalue weighted by molar-refractivity contribution is 0.231. The number of amides is 2. The van der Waals surface area contributed by atoms with Crippen molar-refractivity contribution in [3.05, 3.63) is 88.7 Å². The van der Waals surface area contributed by atoms with Gasteiger partial charge in [-0.2, -0.15) is 0 Å². The largest absolute Gasteiger partial charge is 0.497 e. The first-order valence-corrected chi connectivity index (χ1v) is 10.9. The molecule has 2 aliphatic rings. The van der Waals surface area contributed by atoms with Crippen molar-refractivity contribution in [2.75, 3.05) is 12.0 Å². The predicted molar refractivity (Wildman–Crippen MR) is 125 cm³/mol. The summed E-state index contributed by atoms with van der Waals surface area (Å²) in [6, 6.07) is 18.9. The van der Waals surface area contributed by atoms with Crippen LogP contribution < -0.4 is 15.0 Å². The van der Waals surface area contributed by atoms with Gasteiger partial charge in [0.1, 0.15) is 17.0 Å². The highest BCUT2D eigenvalue weighted by Gasteiger charge is 2.51. The molecule has 5 nitrogen and oxygen atoms in total. The summed E-state index contributed by atoms with van der Waals surface area (Å²) in [6.07, 6.45) is 3.72. The van der Waals surface area contributed by atoms with Crippen LogP contribution in [0.1, 0.15) is 29.7 Å². The van der Waals surface area contributed by atoms with Crippen LogP contribution in [0.4, 0.5) is 10.5 Å². The summed E-state index contributed by atoms with van der Waals surface area (Å²) in [6.45, 7) is 0.429. The number of halogens is 1. The van der Waals surface area contributed by atoms with Crippen molar-refractivity contribution >= 4 is 23.3 Å². The third kappa shape index (κ3) is 3.79. The van der Waals surface area contributed by atoms with E-state index >= 15 is 0 Å². The zero-order valence-corrected chi connectivity index (χ0v) is 18.4. The fraction of sp³-hybridized carbons (Fsp3) is 0.231. The van der Waals surface area contributed by atoms with Gasteiger partial charge in [-0.1, -0.05) is 35.7 Å². The molecule has 0 saturated heterocycles. The van der Waals surface area contributed by atoms with Gasteiger partial charge >= 0.3 is 6.03 Å². The summed E-state index contributed by atoms with van der Waals surface area (Å²) in [7, 11) is 1.64. The maximum Gasteiger partial charge on any atom is 0.323 e. The Hall–Kier alpha value is -3.49. The van der Waals surface area contributed by atoms with Crippen LogP contribution in [0.5, 0.6) is 5.75 Å². The maximum atomic E-state index is 13.4. The first kappa shape index (κ1) is 20.4. The molecule has 2 amide bonds. The van der Waals surface area contributed by atoms with E-state index in [1.807, 2.05) is 60.7 Å². The van der Waals surface area contributed by atoms with E-state index in [1.165, 1.54) is 0 Å². The average Bonchev–Trinajstić information content (AvgIpc) is 3.67. The van der Waals surface area contributed by atoms with Crippen molar-refractivity contribution in [1.29, 1.82) is 0 Å². The van der Waals surface area contributed by atoms with E-state index in [0.717, 1.165) is 35.4 Å². The molecule has 2 heterocycles. The number of ether oxygens (including phenoxy) is 1. The molecule has 5 rings (SSSR count). The van der Waals surface area contributed by atoms with Crippen LogP contribution in [0, 0.1) is 17.8 Å². The molecule has 1 saturated carbocycles. The predicted octanol–water partition coefficient (Wildman–Crippen LogP) is 5.13. The third-order valence-corrected chi connectivity index (χ3v) is 6.20. The van der Waals surface area contributed by atoms with Gasteiger partial charge in [-0.05, 0) is 72.7 Å². The minimum absolute atomic E-state index is 0.169. The van der Waals surface area contributed by atoms with Crippen molar-refractivity contribution in [1.82, 2.24) is 10.3 Å². The molecule has 0 spiro atoms. The lowest BCUT2D eigenvalue weighted by Gasteiger charge is -2.41. The normalized spacial score (nSPS) is 19.4. The fourth-order valence-electron chi connectivity index (χ4n) is 4.18. The molecular weight excluding hydrogens is 422 g/mol. The number of methoxy groups -OCH3 is 1. The van der Waals surface area contributed by atoms with E-state index < -0.39 is 5.54 Å². The van der Waals surface area contributed by atoms with Crippen LogP contribution in [-0.4, -0.2) is 18.1 Å². The highest BCUT2D eigenvalue weighted by Crippen LogP contribution is 2.50. The Balaban J connectivity index is 1.58. The fourth-order valence-corrected chi connectivity index (χ4v) is 4.35. The molecule has 1 aromatic heterocycles. The van der Waals surface area contributed by atoms with Gasteiger partial charge in [0.05, 0.1) is 19.3 Å². The Morgan fingerprint density at radius 2 is 2.00 bits per heavy atom. The molecule has 1 N–H and O–H groups in total. The Morgan fingerprint density at radius 1 is 1.19 bits per heavy atom. The maximum absolute atomic E-state index is 13.4. The number of urea groups is 1. The van der Waals surface area contributed by atoms with E-state index in [-0.39, 0.29) is 11.9 Å². The first-order valence-electron chi connectivity index (χ1n) is 10.6. The summed E-state index contributed by atoms with van der Waals surface area (Å²) in [4.78, 5) is 19.5. The summed E-state index contributed by atoms with van der Waals surface area (Å²) in [5.74, 6) is 7.58. The molecule has 32 heavy (non-hydrogen) atoms. The van der Waals surface area contributed by atoms with Gasteiger partial charge in [0, 0.05) is 16.8 Å². The molecule has 1 unspecified atom stereocenters. The van der Waals surface area contributed by atoms with Crippen LogP contribution in [0.2, 0.25) is 5.02 Å². The zero-order chi connectivity index (χ0) is 22.1. The number of hydrogen-bond acceptors (Lipinski definition) is 3. The number of rotatable bonds is 4. The second-order valence-electron chi connectivity index (χ2n) is 8.07. The Bertz CT molecular complexity index is 1210. The van der Waals surface area contributed by atoms with Crippen molar-refractivity contribution in [2.24, 2.45) is 5.92 Å². The number of carbonyl (C=O) groups excluding carboxylic acids is 1. The number of carbonyl (C=O) groups is 1. The zero-order valence-electron chi connectivity index (χ0n) is 17.6. The topological polar surface area (TPSA) is 54.5 Å². The van der Waals surface area contributed by atoms with E-state index in [0.29, 0.717) is 17.3 Å². The number of fused-ring (bicyclic) bond motifs is 1. The Morgan fingerprint density at radius 3 is 2.69 bits per heavy atom. The van der Waals surface area contributed by atoms with Crippen LogP contribution in [0.3, 0.4) is 0 Å². The van der Waals surface area contributed by atoms with Crippen molar-refractivity contribution in [2.45, 2.75) is 24.9 Å². The minimum Gasteiger partial charge on any atom is -0.497 e. The molecule has 0 bridgehead atoms. The molecule has 2 aromatic carbocycles. The van der Waals surface area contributed by atoms with E-state index in [2.05, 4.69) is 22.1 Å². The summed E-state index contributed by atoms with van der Waals surface area (Å²) in [5.41, 5.74) is 2.65. The number of pyridine rings is 1. The second kappa shape index (κ2) is 8.22. The van der Waals surface area contributed by atoms with Crippen LogP contribution in [0.25, 0.3) is 0 Å². The molecule has 1 fully saturated rings. The monoisotopic (exact) mass is 443 g/mol. The second-order valence-corrected chi connectivity index (χ2v) is 8.51. The Labute approximate surface area is 192 Å². The van der Waals surface area contributed by atoms with Crippen molar-refractivity contribution in [3.8, 4) is 17.6 Å². The number of benzene rings is 2. The van der Waals surface area contributed by atoms with Crippen molar-refractivity contribution in [3.63, 3.8) is 0 Å². The Kier molecular flexibility index (Phi) is 5.24. The number of anilines is 1. The average molecular weight is 444 g/mol. The summed E-state index contributed by atoms with van der Waals surface area (Å²) < 4.78 is 5.25. The summed E-state index contributed by atoms with van der Waals surface area (Å²) >= 11 is 6.42. The van der Waals surface area contributed by atoms with Crippen LogP contribution in [0.15, 0.2) is 66.9 Å². The number of hydrogen-bond donors (Lipinski definition) is 1. The van der Waals surface area contributed by atoms with Gasteiger partial charge in [0.15, 0.2) is 0 Å². The number of nitrogens with one attached hydrogen (secondary N) is 1. The lowest BCUT2D eigenvalue weighted by Crippen LogP contribution is -2.56. The molecule has 0 radical (unpaired) electrons. The molecular formula is C26H22ClN3O2. The lowest BCUT2D eigenvalue weighted by atomic mass is 9.82. The number of nitrogens with zero attached hydrogens (tertiary/aromatic N) is 2. The SMILES string of the molecule is COc1ccc(CN2C(=O)NC(C#Cc3ccccn3)(C3CC3)c3cc(Cl)ccc32)cc1. The minimum atomic E-state index is -0.786. The molecule has 160 valence electrons. The number of aromatic nitrogens is 1. The van der Waals surface area contributed by atoms with Crippen LogP contribution in [-0.2, 0) is 12.1 Å². The molecule has 1 aliphatic carbocycles. The van der Waals surface area contributed by atoms with E-state index in [9.17, 15) is 4.79 Å². The van der Waals surface area contributed by atoms with Gasteiger partial charge in [-0.15, -0.1) is 0 Å². The van der Waals surface area contributed by atoms with Gasteiger partial charge in [0.2, 0.25) is 0 Å². The van der Waals surface area contributed by atoms with Gasteiger partial charge in [-0.25, -0.2) is 9.78 Å². The quantitative estimate of drug-likeness (QED) is 0.569. The smallest absolute Gasteiger partial charge is 0.323 e. The van der Waals surface area contributed by atoms with Crippen molar-refractivity contribution < 1.29 is 9.53 Å². The van der Waals surface area contributed by atoms with E-state index in [4.69, 9.17) is 16.3 Å². The molecule has 3 aromatic rings. The molecule has 1 atom stereocenters. The standard InChI is InChI=1S/C26H22ClN3O2/c1-32-22-10-5-18(6-11-22)17-30-24-12-9-20(27)16-23(24)26(19-7-8-19,29-25(30)31)14-13-21-4-2-3-15-28-21/h2-6,9-12,15-16,19H,7-8,17H2,1H3,(H,29,31). The van der Waals surface area contributed by atoms with Gasteiger partial charge < -0.3 is 10.1 Å². The van der Waals surface area contributed by atoms with E-state index in [1.54, 1.807) is 18.2 Å². The first-order chi connectivity index (χ1) is 15.6. The van der Waals surface area contributed by atoms with Crippen LogP contribution >= 0.6 is 11.6 Å². The highest BCUT2D eigenvalue weighted by molar-refractivity contribution is 6.30. The van der Waals surface area contributed by atoms with Gasteiger partial charge in [0.25, 0.3) is 0 Å². The summed E-state index contributed by atoms with van der Waals surface area (Å²) in [5, 5.41) is 3.86. The molecule has 6 heteroatoms.